The van der Waals surface area contributed by atoms with Crippen molar-refractivity contribution in [2.45, 2.75) is 19.8 Å². The number of rotatable bonds is 4. The number of nitrogens with one attached hydrogen (secondary N) is 1. The zero-order valence-corrected chi connectivity index (χ0v) is 13.3. The first-order valence-electron chi connectivity index (χ1n) is 7.88. The van der Waals surface area contributed by atoms with Crippen LogP contribution in [0.5, 0.6) is 0 Å². The Morgan fingerprint density at radius 3 is 2.33 bits per heavy atom. The van der Waals surface area contributed by atoms with Crippen molar-refractivity contribution in [2.75, 3.05) is 11.9 Å². The molecule has 0 saturated carbocycles. The standard InChI is InChI=1S/C18H18N2O4/c1-11(21)12-5-4-6-13(9-12)19-16(22)10-20-17(23)14-7-2-3-8-15(14)18(20)24/h2-6,9,14-15H,7-8,10H2,1H3,(H,19,22)/t14-,15-/m1/s1. The molecule has 6 nitrogen and oxygen atoms in total. The van der Waals surface area contributed by atoms with E-state index in [0.29, 0.717) is 24.1 Å². The summed E-state index contributed by atoms with van der Waals surface area (Å²) in [7, 11) is 0. The van der Waals surface area contributed by atoms with Crippen molar-refractivity contribution in [3.63, 3.8) is 0 Å². The first kappa shape index (κ1) is 16.1. The summed E-state index contributed by atoms with van der Waals surface area (Å²) >= 11 is 0. The Balaban J connectivity index is 1.67. The van der Waals surface area contributed by atoms with Gasteiger partial charge in [0.05, 0.1) is 11.8 Å². The zero-order valence-electron chi connectivity index (χ0n) is 13.3. The van der Waals surface area contributed by atoms with Gasteiger partial charge in [-0.25, -0.2) is 0 Å². The number of fused-ring (bicyclic) bond motifs is 1. The van der Waals surface area contributed by atoms with E-state index in [1.165, 1.54) is 6.92 Å². The molecule has 2 aliphatic rings. The van der Waals surface area contributed by atoms with Crippen LogP contribution in [0.4, 0.5) is 5.69 Å². The third-order valence-electron chi connectivity index (χ3n) is 4.45. The maximum Gasteiger partial charge on any atom is 0.244 e. The molecule has 24 heavy (non-hydrogen) atoms. The van der Waals surface area contributed by atoms with E-state index in [1.807, 2.05) is 12.2 Å². The fourth-order valence-corrected chi connectivity index (χ4v) is 3.18. The molecule has 0 spiro atoms. The average Bonchev–Trinajstić information content (AvgIpc) is 2.80. The lowest BCUT2D eigenvalue weighted by Crippen LogP contribution is -2.38. The lowest BCUT2D eigenvalue weighted by molar-refractivity contribution is -0.142. The van der Waals surface area contributed by atoms with Gasteiger partial charge in [-0.05, 0) is 31.9 Å². The number of likely N-dealkylation sites (tertiary alicyclic amines) is 1. The van der Waals surface area contributed by atoms with Crippen LogP contribution in [-0.2, 0) is 14.4 Å². The summed E-state index contributed by atoms with van der Waals surface area (Å²) in [5.74, 6) is -1.78. The van der Waals surface area contributed by atoms with Crippen molar-refractivity contribution < 1.29 is 19.2 Å². The number of ketones is 1. The molecule has 0 unspecified atom stereocenters. The molecule has 0 aromatic heterocycles. The van der Waals surface area contributed by atoms with Gasteiger partial charge in [0.1, 0.15) is 6.54 Å². The van der Waals surface area contributed by atoms with Crippen LogP contribution in [0.3, 0.4) is 0 Å². The Morgan fingerprint density at radius 1 is 1.12 bits per heavy atom. The predicted molar refractivity (Wildman–Crippen MR) is 87.2 cm³/mol. The molecule has 1 aromatic carbocycles. The van der Waals surface area contributed by atoms with Crippen molar-refractivity contribution in [1.82, 2.24) is 4.90 Å². The van der Waals surface area contributed by atoms with E-state index in [1.54, 1.807) is 24.3 Å². The van der Waals surface area contributed by atoms with E-state index in [9.17, 15) is 19.2 Å². The normalized spacial score (nSPS) is 22.5. The highest BCUT2D eigenvalue weighted by molar-refractivity contribution is 6.09. The molecule has 3 rings (SSSR count). The quantitative estimate of drug-likeness (QED) is 0.519. The van der Waals surface area contributed by atoms with E-state index < -0.39 is 5.91 Å². The van der Waals surface area contributed by atoms with Crippen LogP contribution in [0.1, 0.15) is 30.1 Å². The zero-order chi connectivity index (χ0) is 17.3. The van der Waals surface area contributed by atoms with Crippen LogP contribution in [0.25, 0.3) is 0 Å². The number of anilines is 1. The van der Waals surface area contributed by atoms with Gasteiger partial charge in [-0.3, -0.25) is 24.1 Å². The van der Waals surface area contributed by atoms with E-state index in [-0.39, 0.29) is 36.0 Å². The first-order valence-corrected chi connectivity index (χ1v) is 7.88. The Hall–Kier alpha value is -2.76. The number of benzene rings is 1. The average molecular weight is 326 g/mol. The summed E-state index contributed by atoms with van der Waals surface area (Å²) in [4.78, 5) is 49.3. The van der Waals surface area contributed by atoms with E-state index >= 15 is 0 Å². The van der Waals surface area contributed by atoms with Gasteiger partial charge < -0.3 is 5.32 Å². The molecular formula is C18H18N2O4. The Kier molecular flexibility index (Phi) is 4.29. The molecule has 0 bridgehead atoms. The van der Waals surface area contributed by atoms with Crippen molar-refractivity contribution in [2.24, 2.45) is 11.8 Å². The fraction of sp³-hybridized carbons (Fsp3) is 0.333. The smallest absolute Gasteiger partial charge is 0.244 e. The maximum atomic E-state index is 12.3. The molecule has 124 valence electrons. The van der Waals surface area contributed by atoms with Crippen LogP contribution in [0, 0.1) is 11.8 Å². The highest BCUT2D eigenvalue weighted by atomic mass is 16.2. The Labute approximate surface area is 139 Å². The van der Waals surface area contributed by atoms with Gasteiger partial charge in [0, 0.05) is 11.3 Å². The number of hydrogen-bond acceptors (Lipinski definition) is 4. The van der Waals surface area contributed by atoms with E-state index in [0.717, 1.165) is 4.90 Å². The van der Waals surface area contributed by atoms with Gasteiger partial charge in [-0.1, -0.05) is 24.3 Å². The van der Waals surface area contributed by atoms with Crippen molar-refractivity contribution >= 4 is 29.2 Å². The predicted octanol–water partition coefficient (Wildman–Crippen LogP) is 1.78. The molecule has 1 heterocycles. The number of hydrogen-bond donors (Lipinski definition) is 1. The molecule has 6 heteroatoms. The second-order valence-electron chi connectivity index (χ2n) is 6.10. The second-order valence-corrected chi connectivity index (χ2v) is 6.10. The van der Waals surface area contributed by atoms with Crippen molar-refractivity contribution in [3.05, 3.63) is 42.0 Å². The number of allylic oxidation sites excluding steroid dienone is 2. The Morgan fingerprint density at radius 2 is 1.75 bits per heavy atom. The summed E-state index contributed by atoms with van der Waals surface area (Å²) in [6.45, 7) is 1.15. The van der Waals surface area contributed by atoms with Gasteiger partial charge in [0.15, 0.2) is 5.78 Å². The maximum absolute atomic E-state index is 12.3. The minimum absolute atomic E-state index is 0.104. The third-order valence-corrected chi connectivity index (χ3v) is 4.45. The number of amides is 3. The largest absolute Gasteiger partial charge is 0.325 e. The molecule has 1 fully saturated rings. The van der Waals surface area contributed by atoms with E-state index in [4.69, 9.17) is 0 Å². The highest BCUT2D eigenvalue weighted by Gasteiger charge is 2.47. The molecule has 0 radical (unpaired) electrons. The summed E-state index contributed by atoms with van der Waals surface area (Å²) in [6.07, 6.45) is 4.91. The molecule has 3 amide bonds. The molecule has 1 aliphatic heterocycles. The van der Waals surface area contributed by atoms with Gasteiger partial charge in [0.25, 0.3) is 0 Å². The molecule has 2 atom stereocenters. The minimum atomic E-state index is -0.455. The van der Waals surface area contributed by atoms with Crippen molar-refractivity contribution in [3.8, 4) is 0 Å². The summed E-state index contributed by atoms with van der Waals surface area (Å²) in [6, 6.07) is 6.54. The topological polar surface area (TPSA) is 83.6 Å². The number of Topliss-reactive ketones (excluding diaryl/α,β-unsaturated/α-hetero) is 1. The van der Waals surface area contributed by atoms with Gasteiger partial charge in [-0.2, -0.15) is 0 Å². The lowest BCUT2D eigenvalue weighted by Gasteiger charge is -2.14. The van der Waals surface area contributed by atoms with Crippen LogP contribution in [-0.4, -0.2) is 34.9 Å². The van der Waals surface area contributed by atoms with Crippen LogP contribution in [0.15, 0.2) is 36.4 Å². The third kappa shape index (κ3) is 2.99. The van der Waals surface area contributed by atoms with Crippen LogP contribution in [0.2, 0.25) is 0 Å². The van der Waals surface area contributed by atoms with Gasteiger partial charge in [0.2, 0.25) is 17.7 Å². The van der Waals surface area contributed by atoms with Crippen molar-refractivity contribution in [1.29, 1.82) is 0 Å². The molecular weight excluding hydrogens is 308 g/mol. The van der Waals surface area contributed by atoms with E-state index in [2.05, 4.69) is 5.32 Å². The summed E-state index contributed by atoms with van der Waals surface area (Å²) in [5.41, 5.74) is 0.948. The summed E-state index contributed by atoms with van der Waals surface area (Å²) in [5, 5.41) is 2.63. The molecule has 1 N–H and O–H groups in total. The number of imide groups is 1. The minimum Gasteiger partial charge on any atom is -0.325 e. The van der Waals surface area contributed by atoms with Gasteiger partial charge in [-0.15, -0.1) is 0 Å². The van der Waals surface area contributed by atoms with Gasteiger partial charge >= 0.3 is 0 Å². The fourth-order valence-electron chi connectivity index (χ4n) is 3.18. The number of carbonyl (C=O) groups excluding carboxylic acids is 4. The number of nitrogens with zero attached hydrogens (tertiary/aromatic N) is 1. The number of carbonyl (C=O) groups is 4. The second kappa shape index (κ2) is 6.39. The van der Waals surface area contributed by atoms with Crippen LogP contribution >= 0.6 is 0 Å². The monoisotopic (exact) mass is 326 g/mol. The lowest BCUT2D eigenvalue weighted by atomic mass is 9.85. The Bertz CT molecular complexity index is 727. The molecule has 1 aromatic rings. The highest BCUT2D eigenvalue weighted by Crippen LogP contribution is 2.34. The first-order chi connectivity index (χ1) is 11.5. The molecule has 1 saturated heterocycles. The summed E-state index contributed by atoms with van der Waals surface area (Å²) < 4.78 is 0. The van der Waals surface area contributed by atoms with Crippen LogP contribution < -0.4 is 5.32 Å². The molecule has 1 aliphatic carbocycles. The SMILES string of the molecule is CC(=O)c1cccc(NC(=O)CN2C(=O)[C@@H]3CC=CC[C@H]3C2=O)c1.